The molecule has 44 heavy (non-hydrogen) atoms. The maximum atomic E-state index is 15.1. The van der Waals surface area contributed by atoms with E-state index < -0.39 is 22.8 Å². The number of carbonyl (C=O) groups excluding carboxylic acids is 2. The van der Waals surface area contributed by atoms with Gasteiger partial charge in [0.1, 0.15) is 11.3 Å². The smallest absolute Gasteiger partial charge is 0.297 e. The van der Waals surface area contributed by atoms with E-state index in [1.54, 1.807) is 53.4 Å². The Kier molecular flexibility index (Phi) is 5.91. The Morgan fingerprint density at radius 1 is 0.955 bits per heavy atom. The van der Waals surface area contributed by atoms with Crippen LogP contribution in [-0.4, -0.2) is 23.4 Å². The lowest BCUT2D eigenvalue weighted by Gasteiger charge is -2.32. The minimum atomic E-state index is -1.84. The maximum Gasteiger partial charge on any atom is 0.297 e. The van der Waals surface area contributed by atoms with Gasteiger partial charge in [-0.15, -0.1) is 0 Å². The summed E-state index contributed by atoms with van der Waals surface area (Å²) < 4.78 is 12.6. The van der Waals surface area contributed by atoms with E-state index in [2.05, 4.69) is 0 Å². The highest BCUT2D eigenvalue weighted by atomic mass is 35.5. The first kappa shape index (κ1) is 26.6. The fourth-order valence-corrected chi connectivity index (χ4v) is 7.46. The molecule has 2 amide bonds. The second kappa shape index (κ2) is 9.77. The molecule has 2 aliphatic heterocycles. The normalized spacial score (nSPS) is 17.2. The molecular formula is C34H22ClN3O5S. The average Bonchev–Trinajstić information content (AvgIpc) is 3.64. The molecule has 6 aromatic rings. The lowest BCUT2D eigenvalue weighted by Crippen LogP contribution is -2.53. The molecule has 4 aromatic carbocycles. The Morgan fingerprint density at radius 3 is 2.55 bits per heavy atom. The molecule has 8 nitrogen and oxygen atoms in total. The first-order chi connectivity index (χ1) is 21.4. The molecular weight excluding hydrogens is 598 g/mol. The van der Waals surface area contributed by atoms with Crippen LogP contribution in [0, 0.1) is 0 Å². The van der Waals surface area contributed by atoms with E-state index in [-0.39, 0.29) is 34.0 Å². The number of benzene rings is 4. The van der Waals surface area contributed by atoms with Crippen molar-refractivity contribution < 1.29 is 18.7 Å². The molecule has 0 fully saturated rings. The number of anilines is 2. The van der Waals surface area contributed by atoms with Gasteiger partial charge in [-0.3, -0.25) is 19.3 Å². The number of ether oxygens (including phenoxy) is 1. The number of hydrogen-bond acceptors (Lipinski definition) is 7. The molecule has 1 unspecified atom stereocenters. The minimum absolute atomic E-state index is 0.00785. The Hall–Kier alpha value is -4.99. The van der Waals surface area contributed by atoms with Gasteiger partial charge in [0.25, 0.3) is 11.8 Å². The fraction of sp³-hybridized carbons (Fsp3) is 0.118. The van der Waals surface area contributed by atoms with E-state index in [0.29, 0.717) is 34.1 Å². The first-order valence-corrected chi connectivity index (χ1v) is 15.2. The summed E-state index contributed by atoms with van der Waals surface area (Å²) in [4.78, 5) is 51.8. The second-order valence-corrected chi connectivity index (χ2v) is 12.0. The number of amides is 2. The van der Waals surface area contributed by atoms with Gasteiger partial charge in [0, 0.05) is 10.6 Å². The molecule has 0 saturated carbocycles. The van der Waals surface area contributed by atoms with Crippen molar-refractivity contribution in [3.05, 3.63) is 129 Å². The SMILES string of the molecule is CCOc1ccc2nc(N3C(=O)c4oc5ccccc5c(=O)c4C34C(=O)N(Cc3ccc(Cl)cc3)c3ccccc34)sc2c1. The Balaban J connectivity index is 1.41. The predicted molar refractivity (Wildman–Crippen MR) is 170 cm³/mol. The highest BCUT2D eigenvalue weighted by Crippen LogP contribution is 2.55. The third kappa shape index (κ3) is 3.63. The predicted octanol–water partition coefficient (Wildman–Crippen LogP) is 6.91. The Bertz CT molecular complexity index is 2230. The van der Waals surface area contributed by atoms with Crippen molar-refractivity contribution in [1.29, 1.82) is 0 Å². The molecule has 10 heteroatoms. The van der Waals surface area contributed by atoms with Crippen molar-refractivity contribution in [3.8, 4) is 5.75 Å². The van der Waals surface area contributed by atoms with Crippen LogP contribution in [0.4, 0.5) is 10.8 Å². The summed E-state index contributed by atoms with van der Waals surface area (Å²) in [6, 6.07) is 26.7. The summed E-state index contributed by atoms with van der Waals surface area (Å²) in [7, 11) is 0. The van der Waals surface area contributed by atoms with E-state index in [4.69, 9.17) is 25.7 Å². The zero-order valence-corrected chi connectivity index (χ0v) is 24.8. The fourth-order valence-electron chi connectivity index (χ4n) is 6.28. The van der Waals surface area contributed by atoms with Crippen LogP contribution in [0.25, 0.3) is 21.2 Å². The van der Waals surface area contributed by atoms with E-state index in [1.165, 1.54) is 16.2 Å². The molecule has 1 atom stereocenters. The number of nitrogens with zero attached hydrogens (tertiary/aromatic N) is 3. The topological polar surface area (TPSA) is 93.0 Å². The molecule has 1 spiro atoms. The summed E-state index contributed by atoms with van der Waals surface area (Å²) in [6.45, 7) is 2.60. The zero-order valence-electron chi connectivity index (χ0n) is 23.2. The number of aromatic nitrogens is 1. The average molecular weight is 620 g/mol. The van der Waals surface area contributed by atoms with Crippen LogP contribution in [0.15, 0.2) is 100 Å². The van der Waals surface area contributed by atoms with Crippen molar-refractivity contribution in [3.63, 3.8) is 0 Å². The van der Waals surface area contributed by atoms with Gasteiger partial charge in [-0.2, -0.15) is 0 Å². The number of carbonyl (C=O) groups is 2. The van der Waals surface area contributed by atoms with Crippen LogP contribution in [0.1, 0.15) is 34.2 Å². The lowest BCUT2D eigenvalue weighted by atomic mass is 9.84. The van der Waals surface area contributed by atoms with E-state index >= 15 is 4.79 Å². The van der Waals surface area contributed by atoms with Gasteiger partial charge in [0.2, 0.25) is 5.76 Å². The summed E-state index contributed by atoms with van der Waals surface area (Å²) in [5.41, 5.74) is 0.544. The molecule has 4 heterocycles. The summed E-state index contributed by atoms with van der Waals surface area (Å²) in [6.07, 6.45) is 0. The van der Waals surface area contributed by atoms with Gasteiger partial charge in [-0.05, 0) is 61.0 Å². The zero-order chi connectivity index (χ0) is 30.2. The first-order valence-electron chi connectivity index (χ1n) is 14.0. The van der Waals surface area contributed by atoms with Crippen LogP contribution < -0.4 is 20.0 Å². The molecule has 2 aliphatic rings. The van der Waals surface area contributed by atoms with Crippen molar-refractivity contribution in [1.82, 2.24) is 4.98 Å². The van der Waals surface area contributed by atoms with Gasteiger partial charge in [-0.1, -0.05) is 65.4 Å². The van der Waals surface area contributed by atoms with Crippen molar-refractivity contribution in [2.45, 2.75) is 19.0 Å². The minimum Gasteiger partial charge on any atom is -0.494 e. The van der Waals surface area contributed by atoms with E-state index in [9.17, 15) is 9.59 Å². The Morgan fingerprint density at radius 2 is 1.73 bits per heavy atom. The summed E-state index contributed by atoms with van der Waals surface area (Å²) in [5, 5.41) is 1.13. The molecule has 0 N–H and O–H groups in total. The molecule has 8 rings (SSSR count). The van der Waals surface area contributed by atoms with E-state index in [0.717, 1.165) is 10.3 Å². The number of para-hydroxylation sites is 2. The number of hydrogen-bond donors (Lipinski definition) is 0. The monoisotopic (exact) mass is 619 g/mol. The van der Waals surface area contributed by atoms with Gasteiger partial charge >= 0.3 is 0 Å². The molecule has 0 radical (unpaired) electrons. The van der Waals surface area contributed by atoms with Gasteiger partial charge < -0.3 is 14.1 Å². The van der Waals surface area contributed by atoms with Crippen molar-refractivity contribution in [2.24, 2.45) is 0 Å². The number of halogens is 1. The standard InChI is InChI=1S/C34H22ClN3O5S/c1-2-42-21-15-16-24-27(17-21)44-33(36-24)38-31(40)30-28(29(39)22-7-3-6-10-26(22)43-30)34(38)23-8-4-5-9-25(23)37(32(34)41)18-19-11-13-20(35)14-12-19/h3-17H,2,18H2,1H3. The number of fused-ring (bicyclic) bond motifs is 6. The third-order valence-electron chi connectivity index (χ3n) is 8.14. The van der Waals surface area contributed by atoms with Gasteiger partial charge in [0.05, 0.1) is 40.0 Å². The van der Waals surface area contributed by atoms with Gasteiger partial charge in [-0.25, -0.2) is 4.98 Å². The molecule has 2 aromatic heterocycles. The van der Waals surface area contributed by atoms with Crippen LogP contribution >= 0.6 is 22.9 Å². The van der Waals surface area contributed by atoms with Crippen LogP contribution in [0.5, 0.6) is 5.75 Å². The lowest BCUT2D eigenvalue weighted by molar-refractivity contribution is -0.121. The van der Waals surface area contributed by atoms with Crippen molar-refractivity contribution >= 4 is 66.8 Å². The quantitative estimate of drug-likeness (QED) is 0.208. The highest BCUT2D eigenvalue weighted by molar-refractivity contribution is 7.22. The number of rotatable bonds is 5. The second-order valence-electron chi connectivity index (χ2n) is 10.6. The highest BCUT2D eigenvalue weighted by Gasteiger charge is 2.66. The molecule has 216 valence electrons. The van der Waals surface area contributed by atoms with Crippen LogP contribution in [0.2, 0.25) is 5.02 Å². The largest absolute Gasteiger partial charge is 0.494 e. The van der Waals surface area contributed by atoms with Crippen LogP contribution in [-0.2, 0) is 16.9 Å². The van der Waals surface area contributed by atoms with Crippen LogP contribution in [0.3, 0.4) is 0 Å². The molecule has 0 saturated heterocycles. The third-order valence-corrected chi connectivity index (χ3v) is 9.39. The van der Waals surface area contributed by atoms with Gasteiger partial charge in [0.15, 0.2) is 16.1 Å². The number of thiazole rings is 1. The molecule has 0 bridgehead atoms. The van der Waals surface area contributed by atoms with E-state index in [1.807, 2.05) is 49.4 Å². The summed E-state index contributed by atoms with van der Waals surface area (Å²) in [5.74, 6) is -0.555. The summed E-state index contributed by atoms with van der Waals surface area (Å²) >= 11 is 7.39. The Labute approximate surface area is 259 Å². The molecule has 0 aliphatic carbocycles. The van der Waals surface area contributed by atoms with Crippen molar-refractivity contribution in [2.75, 3.05) is 16.4 Å². The maximum absolute atomic E-state index is 15.1.